The second-order valence-electron chi connectivity index (χ2n) is 7.04. The van der Waals surface area contributed by atoms with Crippen molar-refractivity contribution in [3.05, 3.63) is 30.5 Å². The molecule has 0 bridgehead atoms. The average Bonchev–Trinajstić information content (AvgIpc) is 3.00. The number of piperidine rings is 1. The topological polar surface area (TPSA) is 31.1 Å². The van der Waals surface area contributed by atoms with Crippen molar-refractivity contribution in [2.45, 2.75) is 26.3 Å². The first-order chi connectivity index (χ1) is 9.65. The van der Waals surface area contributed by atoms with Gasteiger partial charge in [0.2, 0.25) is 0 Å². The van der Waals surface area contributed by atoms with Crippen molar-refractivity contribution in [2.24, 2.45) is 11.3 Å². The molecule has 2 aliphatic rings. The molecule has 0 amide bonds. The summed E-state index contributed by atoms with van der Waals surface area (Å²) in [5, 5.41) is 5.07. The quantitative estimate of drug-likeness (QED) is 0.834. The van der Waals surface area contributed by atoms with E-state index in [2.05, 4.69) is 59.5 Å². The molecule has 106 valence electrons. The average molecular weight is 269 g/mol. The van der Waals surface area contributed by atoms with Gasteiger partial charge in [0.25, 0.3) is 0 Å². The first kappa shape index (κ1) is 12.3. The van der Waals surface area contributed by atoms with E-state index in [1.54, 1.807) is 0 Å². The zero-order chi connectivity index (χ0) is 13.7. The van der Waals surface area contributed by atoms with E-state index >= 15 is 0 Å². The number of H-pyrrole nitrogens is 1. The van der Waals surface area contributed by atoms with Gasteiger partial charge in [-0.3, -0.25) is 0 Å². The molecule has 2 atom stereocenters. The molecular weight excluding hydrogens is 246 g/mol. The molecule has 1 aromatic carbocycles. The van der Waals surface area contributed by atoms with Crippen LogP contribution in [0, 0.1) is 11.3 Å². The molecule has 2 aliphatic heterocycles. The molecule has 2 fully saturated rings. The molecule has 2 N–H and O–H groups in total. The zero-order valence-corrected chi connectivity index (χ0v) is 12.3. The fraction of sp³-hybridized carbons (Fsp3) is 0.529. The Morgan fingerprint density at radius 1 is 1.25 bits per heavy atom. The van der Waals surface area contributed by atoms with E-state index in [-0.39, 0.29) is 0 Å². The van der Waals surface area contributed by atoms with Crippen LogP contribution < -0.4 is 10.2 Å². The number of anilines is 1. The smallest absolute Gasteiger partial charge is 0.0624 e. The van der Waals surface area contributed by atoms with Gasteiger partial charge in [-0.25, -0.2) is 0 Å². The molecule has 0 saturated carbocycles. The Labute approximate surface area is 120 Å². The number of benzene rings is 1. The number of rotatable bonds is 1. The fourth-order valence-electron chi connectivity index (χ4n) is 4.05. The lowest BCUT2D eigenvalue weighted by Gasteiger charge is -2.40. The van der Waals surface area contributed by atoms with Crippen LogP contribution in [0.15, 0.2) is 30.5 Å². The molecule has 2 unspecified atom stereocenters. The highest BCUT2D eigenvalue weighted by Crippen LogP contribution is 2.40. The molecule has 0 aliphatic carbocycles. The highest BCUT2D eigenvalue weighted by molar-refractivity contribution is 5.92. The number of hydrogen-bond donors (Lipinski definition) is 2. The molecule has 4 rings (SSSR count). The molecule has 0 radical (unpaired) electrons. The molecule has 0 spiro atoms. The van der Waals surface area contributed by atoms with Crippen LogP contribution in [-0.4, -0.2) is 30.7 Å². The van der Waals surface area contributed by atoms with Gasteiger partial charge in [-0.15, -0.1) is 0 Å². The van der Waals surface area contributed by atoms with Crippen molar-refractivity contribution in [1.82, 2.24) is 10.3 Å². The maximum atomic E-state index is 3.72. The van der Waals surface area contributed by atoms with Gasteiger partial charge < -0.3 is 15.2 Å². The van der Waals surface area contributed by atoms with Crippen LogP contribution in [0.5, 0.6) is 0 Å². The van der Waals surface area contributed by atoms with Gasteiger partial charge in [0.15, 0.2) is 0 Å². The lowest BCUT2D eigenvalue weighted by atomic mass is 9.76. The van der Waals surface area contributed by atoms with Gasteiger partial charge in [-0.2, -0.15) is 0 Å². The predicted molar refractivity (Wildman–Crippen MR) is 84.2 cm³/mol. The Morgan fingerprint density at radius 3 is 3.00 bits per heavy atom. The third kappa shape index (κ3) is 1.76. The van der Waals surface area contributed by atoms with Crippen LogP contribution in [0.2, 0.25) is 0 Å². The number of aromatic nitrogens is 1. The van der Waals surface area contributed by atoms with E-state index in [9.17, 15) is 0 Å². The molecular formula is C17H23N3. The Kier molecular flexibility index (Phi) is 2.61. The number of fused-ring (bicyclic) bond motifs is 2. The maximum Gasteiger partial charge on any atom is 0.0624 e. The van der Waals surface area contributed by atoms with Gasteiger partial charge in [0.05, 0.1) is 5.69 Å². The minimum atomic E-state index is 0.412. The van der Waals surface area contributed by atoms with Crippen LogP contribution >= 0.6 is 0 Å². The summed E-state index contributed by atoms with van der Waals surface area (Å²) in [5.74, 6) is 0.755. The standard InChI is InChI=1S/C17H23N3/c1-17(2)11-19-15-7-8-20(10-13(15)17)16-9-18-14-6-4-3-5-12(14)16/h3-6,9,13,15,18-19H,7-8,10-11H2,1-2H3. The number of nitrogens with one attached hydrogen (secondary N) is 2. The second-order valence-corrected chi connectivity index (χ2v) is 7.04. The van der Waals surface area contributed by atoms with Crippen molar-refractivity contribution < 1.29 is 0 Å². The summed E-state index contributed by atoms with van der Waals surface area (Å²) in [6.45, 7) is 8.30. The van der Waals surface area contributed by atoms with E-state index in [1.807, 2.05) is 0 Å². The maximum absolute atomic E-state index is 3.72. The predicted octanol–water partition coefficient (Wildman–Crippen LogP) is 2.99. The van der Waals surface area contributed by atoms with E-state index < -0.39 is 0 Å². The number of nitrogens with zero attached hydrogens (tertiary/aromatic N) is 1. The lowest BCUT2D eigenvalue weighted by molar-refractivity contribution is 0.237. The summed E-state index contributed by atoms with van der Waals surface area (Å²) >= 11 is 0. The van der Waals surface area contributed by atoms with Crippen molar-refractivity contribution in [1.29, 1.82) is 0 Å². The first-order valence-corrected chi connectivity index (χ1v) is 7.70. The highest BCUT2D eigenvalue weighted by atomic mass is 15.2. The van der Waals surface area contributed by atoms with Gasteiger partial charge in [0, 0.05) is 42.8 Å². The fourth-order valence-corrected chi connectivity index (χ4v) is 4.05. The molecule has 1 aromatic heterocycles. The van der Waals surface area contributed by atoms with Gasteiger partial charge in [-0.1, -0.05) is 32.0 Å². The van der Waals surface area contributed by atoms with Crippen molar-refractivity contribution >= 4 is 16.6 Å². The Balaban J connectivity index is 1.67. The van der Waals surface area contributed by atoms with Crippen LogP contribution in [0.3, 0.4) is 0 Å². The summed E-state index contributed by atoms with van der Waals surface area (Å²) in [4.78, 5) is 5.99. The largest absolute Gasteiger partial charge is 0.369 e. The summed E-state index contributed by atoms with van der Waals surface area (Å²) in [6, 6.07) is 9.33. The van der Waals surface area contributed by atoms with E-state index in [0.717, 1.165) is 19.0 Å². The molecule has 2 aromatic rings. The van der Waals surface area contributed by atoms with E-state index in [0.29, 0.717) is 11.5 Å². The third-order valence-electron chi connectivity index (χ3n) is 5.34. The SMILES string of the molecule is CC1(C)CNC2CCN(c3c[nH]c4ccccc34)CC21. The van der Waals surface area contributed by atoms with Gasteiger partial charge in [0.1, 0.15) is 0 Å². The molecule has 20 heavy (non-hydrogen) atoms. The Morgan fingerprint density at radius 2 is 2.10 bits per heavy atom. The van der Waals surface area contributed by atoms with Gasteiger partial charge >= 0.3 is 0 Å². The lowest BCUT2D eigenvalue weighted by Crippen LogP contribution is -2.47. The molecule has 3 heterocycles. The van der Waals surface area contributed by atoms with E-state index in [1.165, 1.54) is 29.6 Å². The van der Waals surface area contributed by atoms with Crippen LogP contribution in [-0.2, 0) is 0 Å². The Hall–Kier alpha value is -1.48. The highest BCUT2D eigenvalue weighted by Gasteiger charge is 2.44. The minimum absolute atomic E-state index is 0.412. The van der Waals surface area contributed by atoms with Gasteiger partial charge in [-0.05, 0) is 23.8 Å². The minimum Gasteiger partial charge on any atom is -0.369 e. The summed E-state index contributed by atoms with van der Waals surface area (Å²) in [7, 11) is 0. The summed E-state index contributed by atoms with van der Waals surface area (Å²) in [6.07, 6.45) is 3.44. The monoisotopic (exact) mass is 269 g/mol. The summed E-state index contributed by atoms with van der Waals surface area (Å²) < 4.78 is 0. The van der Waals surface area contributed by atoms with Crippen LogP contribution in [0.1, 0.15) is 20.3 Å². The second kappa shape index (κ2) is 4.26. The van der Waals surface area contributed by atoms with Crippen molar-refractivity contribution in [3.8, 4) is 0 Å². The summed E-state index contributed by atoms with van der Waals surface area (Å²) in [5.41, 5.74) is 3.03. The number of para-hydroxylation sites is 1. The number of hydrogen-bond acceptors (Lipinski definition) is 2. The van der Waals surface area contributed by atoms with Crippen LogP contribution in [0.4, 0.5) is 5.69 Å². The third-order valence-corrected chi connectivity index (χ3v) is 5.34. The normalized spacial score (nSPS) is 28.8. The molecule has 3 heteroatoms. The molecule has 3 nitrogen and oxygen atoms in total. The number of aromatic amines is 1. The molecule has 2 saturated heterocycles. The van der Waals surface area contributed by atoms with Crippen molar-refractivity contribution in [3.63, 3.8) is 0 Å². The zero-order valence-electron chi connectivity index (χ0n) is 12.3. The Bertz CT molecular complexity index is 628. The first-order valence-electron chi connectivity index (χ1n) is 7.70. The van der Waals surface area contributed by atoms with E-state index in [4.69, 9.17) is 0 Å². The van der Waals surface area contributed by atoms with Crippen LogP contribution in [0.25, 0.3) is 10.9 Å². The van der Waals surface area contributed by atoms with Crippen molar-refractivity contribution in [2.75, 3.05) is 24.5 Å².